The highest BCUT2D eigenvalue weighted by molar-refractivity contribution is 6.23. The van der Waals surface area contributed by atoms with Crippen LogP contribution in [0.5, 0.6) is 0 Å². The van der Waals surface area contributed by atoms with Gasteiger partial charge in [0.25, 0.3) is 0 Å². The summed E-state index contributed by atoms with van der Waals surface area (Å²) < 4.78 is 0. The van der Waals surface area contributed by atoms with E-state index in [1.165, 1.54) is 65.7 Å². The molecule has 0 nitrogen and oxygen atoms in total. The van der Waals surface area contributed by atoms with Crippen molar-refractivity contribution in [1.29, 1.82) is 0 Å². The lowest BCUT2D eigenvalue weighted by Crippen LogP contribution is -1.93. The van der Waals surface area contributed by atoms with Gasteiger partial charge >= 0.3 is 0 Å². The van der Waals surface area contributed by atoms with E-state index in [9.17, 15) is 0 Å². The minimum atomic E-state index is 1.27. The highest BCUT2D eigenvalue weighted by Gasteiger charge is 2.18. The van der Waals surface area contributed by atoms with E-state index in [1.807, 2.05) is 0 Å². The Balaban J connectivity index is 1.88. The van der Waals surface area contributed by atoms with Crippen molar-refractivity contribution in [2.24, 2.45) is 0 Å². The lowest BCUT2D eigenvalue weighted by Gasteiger charge is -2.19. The Morgan fingerprint density at radius 2 is 1.00 bits per heavy atom. The molecule has 0 aliphatic heterocycles. The first-order valence-corrected chi connectivity index (χ1v) is 11.2. The number of benzene rings is 6. The molecule has 0 heteroatoms. The zero-order valence-corrected chi connectivity index (χ0v) is 18.4. The molecule has 6 aromatic carbocycles. The number of rotatable bonds is 2. The van der Waals surface area contributed by atoms with Crippen molar-refractivity contribution in [2.75, 3.05) is 0 Å². The summed E-state index contributed by atoms with van der Waals surface area (Å²) in [6, 6.07) is 40.0. The lowest BCUT2D eigenvalue weighted by atomic mass is 9.84. The van der Waals surface area contributed by atoms with Crippen molar-refractivity contribution in [1.82, 2.24) is 0 Å². The SMILES string of the molecule is Cc1ccc2c(-c3cccc4ccccc34)c3cc(C)ccc3c(-c3ccccc3)c2c1. The molecule has 0 heterocycles. The van der Waals surface area contributed by atoms with Crippen molar-refractivity contribution in [3.05, 3.63) is 120 Å². The fourth-order valence-corrected chi connectivity index (χ4v) is 5.11. The zero-order chi connectivity index (χ0) is 21.7. The van der Waals surface area contributed by atoms with E-state index >= 15 is 0 Å². The molecular formula is C32H24. The van der Waals surface area contributed by atoms with E-state index < -0.39 is 0 Å². The predicted molar refractivity (Wildman–Crippen MR) is 139 cm³/mol. The molecule has 0 aliphatic rings. The maximum Gasteiger partial charge on any atom is -0.00200 e. The molecule has 0 aromatic heterocycles. The maximum atomic E-state index is 2.36. The standard InChI is InChI=1S/C32H24/c1-21-16-18-28-29(19-21)31(24-10-4-3-5-11-24)27-17-15-22(2)20-30(27)32(28)26-14-8-12-23-9-6-7-13-25(23)26/h3-20H,1-2H3. The minimum absolute atomic E-state index is 1.27. The molecule has 0 aliphatic carbocycles. The van der Waals surface area contributed by atoms with Crippen molar-refractivity contribution < 1.29 is 0 Å². The highest BCUT2D eigenvalue weighted by atomic mass is 14.2. The van der Waals surface area contributed by atoms with Gasteiger partial charge in [0.05, 0.1) is 0 Å². The third-order valence-corrected chi connectivity index (χ3v) is 6.55. The fourth-order valence-electron chi connectivity index (χ4n) is 5.11. The molecule has 0 fully saturated rings. The minimum Gasteiger partial charge on any atom is -0.0622 e. The molecular weight excluding hydrogens is 384 g/mol. The Kier molecular flexibility index (Phi) is 4.33. The topological polar surface area (TPSA) is 0 Å². The van der Waals surface area contributed by atoms with E-state index in [1.54, 1.807) is 0 Å². The van der Waals surface area contributed by atoms with Gasteiger partial charge in [0.15, 0.2) is 0 Å². The van der Waals surface area contributed by atoms with Crippen LogP contribution >= 0.6 is 0 Å². The van der Waals surface area contributed by atoms with Gasteiger partial charge in [-0.1, -0.05) is 120 Å². The summed E-state index contributed by atoms with van der Waals surface area (Å²) in [5, 5.41) is 7.82. The highest BCUT2D eigenvalue weighted by Crippen LogP contribution is 2.45. The van der Waals surface area contributed by atoms with E-state index in [0.29, 0.717) is 0 Å². The number of aryl methyl sites for hydroxylation is 2. The molecule has 0 amide bonds. The van der Waals surface area contributed by atoms with Crippen molar-refractivity contribution in [3.8, 4) is 22.3 Å². The second-order valence-corrected chi connectivity index (χ2v) is 8.74. The van der Waals surface area contributed by atoms with Gasteiger partial charge in [-0.25, -0.2) is 0 Å². The van der Waals surface area contributed by atoms with Crippen LogP contribution in [0.4, 0.5) is 0 Å². The molecule has 0 radical (unpaired) electrons. The summed E-state index contributed by atoms with van der Waals surface area (Å²) in [7, 11) is 0. The summed E-state index contributed by atoms with van der Waals surface area (Å²) >= 11 is 0. The molecule has 32 heavy (non-hydrogen) atoms. The van der Waals surface area contributed by atoms with Gasteiger partial charge in [-0.05, 0) is 68.4 Å². The quantitative estimate of drug-likeness (QED) is 0.251. The smallest absolute Gasteiger partial charge is 0.00200 e. The second-order valence-electron chi connectivity index (χ2n) is 8.74. The van der Waals surface area contributed by atoms with Gasteiger partial charge in [0.2, 0.25) is 0 Å². The first kappa shape index (κ1) is 18.8. The Labute approximate surface area is 188 Å². The Morgan fingerprint density at radius 3 is 1.75 bits per heavy atom. The first-order valence-electron chi connectivity index (χ1n) is 11.2. The van der Waals surface area contributed by atoms with Gasteiger partial charge in [-0.3, -0.25) is 0 Å². The monoisotopic (exact) mass is 408 g/mol. The molecule has 0 bridgehead atoms. The Hall–Kier alpha value is -3.90. The summed E-state index contributed by atoms with van der Waals surface area (Å²) in [6.45, 7) is 4.37. The van der Waals surface area contributed by atoms with Crippen LogP contribution in [0.15, 0.2) is 109 Å². The summed E-state index contributed by atoms with van der Waals surface area (Å²) in [6.07, 6.45) is 0. The molecule has 0 N–H and O–H groups in total. The normalized spacial score (nSPS) is 11.4. The van der Waals surface area contributed by atoms with Crippen LogP contribution in [-0.2, 0) is 0 Å². The molecule has 6 aromatic rings. The van der Waals surface area contributed by atoms with Gasteiger partial charge in [-0.15, -0.1) is 0 Å². The van der Waals surface area contributed by atoms with Crippen LogP contribution in [0, 0.1) is 13.8 Å². The third-order valence-electron chi connectivity index (χ3n) is 6.55. The Morgan fingerprint density at radius 1 is 0.406 bits per heavy atom. The molecule has 6 rings (SSSR count). The van der Waals surface area contributed by atoms with Gasteiger partial charge in [0.1, 0.15) is 0 Å². The van der Waals surface area contributed by atoms with Gasteiger partial charge in [-0.2, -0.15) is 0 Å². The van der Waals surface area contributed by atoms with Crippen LogP contribution in [-0.4, -0.2) is 0 Å². The van der Waals surface area contributed by atoms with E-state index in [4.69, 9.17) is 0 Å². The van der Waals surface area contributed by atoms with Crippen LogP contribution in [0.3, 0.4) is 0 Å². The second kappa shape index (κ2) is 7.35. The maximum absolute atomic E-state index is 2.36. The van der Waals surface area contributed by atoms with Gasteiger partial charge < -0.3 is 0 Å². The molecule has 0 saturated carbocycles. The zero-order valence-electron chi connectivity index (χ0n) is 18.4. The summed E-state index contributed by atoms with van der Waals surface area (Å²) in [5.41, 5.74) is 7.78. The van der Waals surface area contributed by atoms with Crippen molar-refractivity contribution in [2.45, 2.75) is 13.8 Å². The number of hydrogen-bond acceptors (Lipinski definition) is 0. The van der Waals surface area contributed by atoms with Gasteiger partial charge in [0, 0.05) is 0 Å². The molecule has 0 atom stereocenters. The summed E-state index contributed by atoms with van der Waals surface area (Å²) in [4.78, 5) is 0. The lowest BCUT2D eigenvalue weighted by molar-refractivity contribution is 1.49. The molecule has 0 unspecified atom stereocenters. The number of hydrogen-bond donors (Lipinski definition) is 0. The first-order chi connectivity index (χ1) is 15.7. The van der Waals surface area contributed by atoms with Crippen LogP contribution in [0.1, 0.15) is 11.1 Å². The summed E-state index contributed by atoms with van der Waals surface area (Å²) in [5.74, 6) is 0. The van der Waals surface area contributed by atoms with E-state index in [-0.39, 0.29) is 0 Å². The average molecular weight is 409 g/mol. The number of fused-ring (bicyclic) bond motifs is 3. The van der Waals surface area contributed by atoms with E-state index in [2.05, 4.69) is 123 Å². The largest absolute Gasteiger partial charge is 0.0622 e. The van der Waals surface area contributed by atoms with Crippen LogP contribution in [0.25, 0.3) is 54.6 Å². The van der Waals surface area contributed by atoms with E-state index in [0.717, 1.165) is 0 Å². The van der Waals surface area contributed by atoms with Crippen molar-refractivity contribution in [3.63, 3.8) is 0 Å². The molecule has 152 valence electrons. The fraction of sp³-hybridized carbons (Fsp3) is 0.0625. The third kappa shape index (κ3) is 2.92. The molecule has 0 saturated heterocycles. The van der Waals surface area contributed by atoms with Crippen LogP contribution in [0.2, 0.25) is 0 Å². The Bertz CT molecular complexity index is 1620. The van der Waals surface area contributed by atoms with Crippen LogP contribution < -0.4 is 0 Å². The van der Waals surface area contributed by atoms with Crippen molar-refractivity contribution >= 4 is 32.3 Å². The molecule has 0 spiro atoms. The average Bonchev–Trinajstić information content (AvgIpc) is 2.83. The predicted octanol–water partition coefficient (Wildman–Crippen LogP) is 9.10.